The molecule has 11 heavy (non-hydrogen) atoms. The summed E-state index contributed by atoms with van der Waals surface area (Å²) >= 11 is 3.15. The van der Waals surface area contributed by atoms with Crippen molar-refractivity contribution in [1.29, 1.82) is 0 Å². The van der Waals surface area contributed by atoms with Crippen molar-refractivity contribution in [2.75, 3.05) is 25.1 Å². The predicted octanol–water partition coefficient (Wildman–Crippen LogP) is 0.629. The van der Waals surface area contributed by atoms with E-state index in [9.17, 15) is 4.79 Å². The first-order chi connectivity index (χ1) is 5.25. The lowest BCUT2D eigenvalue weighted by molar-refractivity contribution is -0.136. The topological polar surface area (TPSA) is 29.5 Å². The average molecular weight is 222 g/mol. The molecule has 1 atom stereocenters. The highest BCUT2D eigenvalue weighted by molar-refractivity contribution is 9.09. The summed E-state index contributed by atoms with van der Waals surface area (Å²) < 4.78 is 5.20. The fourth-order valence-electron chi connectivity index (χ4n) is 1.17. The van der Waals surface area contributed by atoms with Crippen LogP contribution >= 0.6 is 15.9 Å². The third kappa shape index (κ3) is 2.17. The van der Waals surface area contributed by atoms with Crippen molar-refractivity contribution >= 4 is 21.8 Å². The molecule has 0 saturated carbocycles. The maximum absolute atomic E-state index is 11.2. The molecule has 0 unspecified atom stereocenters. The van der Waals surface area contributed by atoms with Crippen LogP contribution in [0.15, 0.2) is 0 Å². The molecule has 1 saturated heterocycles. The van der Waals surface area contributed by atoms with E-state index in [0.29, 0.717) is 18.5 Å². The molecule has 0 aromatic heterocycles. The number of hydrogen-bond acceptors (Lipinski definition) is 2. The number of rotatable bonds is 1. The smallest absolute Gasteiger partial charge is 0.233 e. The number of amides is 1. The molecule has 0 N–H and O–H groups in total. The van der Waals surface area contributed by atoms with Crippen molar-refractivity contribution < 1.29 is 9.53 Å². The molecule has 1 aliphatic rings. The van der Waals surface area contributed by atoms with Crippen LogP contribution in [-0.4, -0.2) is 41.9 Å². The first kappa shape index (κ1) is 9.00. The van der Waals surface area contributed by atoms with E-state index >= 15 is 0 Å². The zero-order valence-electron chi connectivity index (χ0n) is 6.55. The molecule has 3 nitrogen and oxygen atoms in total. The third-order valence-corrected chi connectivity index (χ3v) is 2.28. The van der Waals surface area contributed by atoms with Gasteiger partial charge in [0, 0.05) is 6.54 Å². The molecular formula is C7H12BrNO2. The number of carbonyl (C=O) groups is 1. The van der Waals surface area contributed by atoms with Crippen LogP contribution in [0.3, 0.4) is 0 Å². The number of morpholine rings is 1. The molecule has 0 aliphatic carbocycles. The molecular weight excluding hydrogens is 210 g/mol. The van der Waals surface area contributed by atoms with Crippen LogP contribution in [0, 0.1) is 0 Å². The minimum absolute atomic E-state index is 0.154. The fourth-order valence-corrected chi connectivity index (χ4v) is 1.50. The lowest BCUT2D eigenvalue weighted by Crippen LogP contribution is -2.47. The Morgan fingerprint density at radius 3 is 3.09 bits per heavy atom. The molecule has 0 aromatic rings. The van der Waals surface area contributed by atoms with Gasteiger partial charge in [-0.15, -0.1) is 0 Å². The van der Waals surface area contributed by atoms with E-state index in [2.05, 4.69) is 15.9 Å². The maximum atomic E-state index is 11.2. The van der Waals surface area contributed by atoms with E-state index in [1.54, 1.807) is 0 Å². The highest BCUT2D eigenvalue weighted by atomic mass is 79.9. The Morgan fingerprint density at radius 1 is 1.82 bits per heavy atom. The second-order valence-electron chi connectivity index (χ2n) is 2.64. The van der Waals surface area contributed by atoms with Crippen LogP contribution in [0.2, 0.25) is 0 Å². The average Bonchev–Trinajstić information content (AvgIpc) is 2.04. The van der Waals surface area contributed by atoms with Crippen molar-refractivity contribution in [1.82, 2.24) is 4.90 Å². The lowest BCUT2D eigenvalue weighted by Gasteiger charge is -2.32. The fraction of sp³-hybridized carbons (Fsp3) is 0.857. The molecule has 4 heteroatoms. The van der Waals surface area contributed by atoms with E-state index in [0.717, 1.165) is 6.54 Å². The molecule has 0 aromatic carbocycles. The normalized spacial score (nSPS) is 25.3. The van der Waals surface area contributed by atoms with Gasteiger partial charge in [0.2, 0.25) is 5.91 Å². The molecule has 64 valence electrons. The second-order valence-corrected chi connectivity index (χ2v) is 3.21. The maximum Gasteiger partial charge on any atom is 0.233 e. The van der Waals surface area contributed by atoms with E-state index in [1.807, 2.05) is 11.8 Å². The number of alkyl halides is 1. The van der Waals surface area contributed by atoms with Gasteiger partial charge in [-0.25, -0.2) is 0 Å². The Kier molecular flexibility index (Phi) is 3.33. The van der Waals surface area contributed by atoms with Gasteiger partial charge in [0.25, 0.3) is 0 Å². The first-order valence-electron chi connectivity index (χ1n) is 3.69. The van der Waals surface area contributed by atoms with Crippen molar-refractivity contribution in [3.63, 3.8) is 0 Å². The first-order valence-corrected chi connectivity index (χ1v) is 4.81. The highest BCUT2D eigenvalue weighted by Crippen LogP contribution is 2.06. The van der Waals surface area contributed by atoms with Crippen molar-refractivity contribution in [3.8, 4) is 0 Å². The Bertz CT molecular complexity index is 151. The number of hydrogen-bond donors (Lipinski definition) is 0. The van der Waals surface area contributed by atoms with Crippen molar-refractivity contribution in [2.45, 2.75) is 13.0 Å². The number of ether oxygens (including phenoxy) is 1. The highest BCUT2D eigenvalue weighted by Gasteiger charge is 2.22. The molecule has 1 aliphatic heterocycles. The van der Waals surface area contributed by atoms with Crippen LogP contribution in [-0.2, 0) is 9.53 Å². The summed E-state index contributed by atoms with van der Waals surface area (Å²) in [5.74, 6) is 0.154. The summed E-state index contributed by atoms with van der Waals surface area (Å²) in [6.45, 7) is 4.06. The monoisotopic (exact) mass is 221 g/mol. The van der Waals surface area contributed by atoms with Gasteiger partial charge in [0.1, 0.15) is 0 Å². The Hall–Kier alpha value is -0.0900. The molecule has 1 amide bonds. The van der Waals surface area contributed by atoms with Gasteiger partial charge >= 0.3 is 0 Å². The molecule has 0 spiro atoms. The van der Waals surface area contributed by atoms with E-state index in [4.69, 9.17) is 4.74 Å². The number of halogens is 1. The molecule has 1 fully saturated rings. The SMILES string of the molecule is C[C@@H]1COCCN1C(=O)CBr. The minimum Gasteiger partial charge on any atom is -0.377 e. The molecule has 0 bridgehead atoms. The summed E-state index contributed by atoms with van der Waals surface area (Å²) in [6, 6.07) is 0.230. The minimum atomic E-state index is 0.154. The zero-order chi connectivity index (χ0) is 8.27. The molecule has 1 rings (SSSR count). The van der Waals surface area contributed by atoms with Gasteiger partial charge in [-0.3, -0.25) is 4.79 Å². The predicted molar refractivity (Wildman–Crippen MR) is 45.8 cm³/mol. The summed E-state index contributed by atoms with van der Waals surface area (Å²) in [5, 5.41) is 0.414. The van der Waals surface area contributed by atoms with Gasteiger partial charge in [-0.1, -0.05) is 15.9 Å². The van der Waals surface area contributed by atoms with E-state index in [-0.39, 0.29) is 11.9 Å². The van der Waals surface area contributed by atoms with E-state index in [1.165, 1.54) is 0 Å². The third-order valence-electron chi connectivity index (χ3n) is 1.80. The van der Waals surface area contributed by atoms with Gasteiger partial charge in [0.05, 0.1) is 24.6 Å². The van der Waals surface area contributed by atoms with Gasteiger partial charge in [0.15, 0.2) is 0 Å². The number of carbonyl (C=O) groups excluding carboxylic acids is 1. The Balaban J connectivity index is 2.47. The second kappa shape index (κ2) is 4.07. The summed E-state index contributed by atoms with van der Waals surface area (Å²) in [4.78, 5) is 13.0. The van der Waals surface area contributed by atoms with Crippen LogP contribution < -0.4 is 0 Å². The number of nitrogens with zero attached hydrogens (tertiary/aromatic N) is 1. The molecule has 0 radical (unpaired) electrons. The largest absolute Gasteiger partial charge is 0.377 e. The van der Waals surface area contributed by atoms with Crippen LogP contribution in [0.4, 0.5) is 0 Å². The summed E-state index contributed by atoms with van der Waals surface area (Å²) in [5.41, 5.74) is 0. The summed E-state index contributed by atoms with van der Waals surface area (Å²) in [7, 11) is 0. The van der Waals surface area contributed by atoms with Crippen LogP contribution in [0.25, 0.3) is 0 Å². The van der Waals surface area contributed by atoms with Crippen molar-refractivity contribution in [2.24, 2.45) is 0 Å². The zero-order valence-corrected chi connectivity index (χ0v) is 8.13. The molecule has 1 heterocycles. The lowest BCUT2D eigenvalue weighted by atomic mass is 10.2. The quantitative estimate of drug-likeness (QED) is 0.609. The summed E-state index contributed by atoms with van der Waals surface area (Å²) in [6.07, 6.45) is 0. The Morgan fingerprint density at radius 2 is 2.55 bits per heavy atom. The standard InChI is InChI=1S/C7H12BrNO2/c1-6-5-11-3-2-9(6)7(10)4-8/h6H,2-5H2,1H3/t6-/m1/s1. The van der Waals surface area contributed by atoms with E-state index < -0.39 is 0 Å². The van der Waals surface area contributed by atoms with Crippen LogP contribution in [0.1, 0.15) is 6.92 Å². The van der Waals surface area contributed by atoms with Crippen LogP contribution in [0.5, 0.6) is 0 Å². The van der Waals surface area contributed by atoms with Gasteiger partial charge < -0.3 is 9.64 Å². The Labute approximate surface area is 74.8 Å². The van der Waals surface area contributed by atoms with Gasteiger partial charge in [-0.05, 0) is 6.92 Å². The van der Waals surface area contributed by atoms with Crippen molar-refractivity contribution in [3.05, 3.63) is 0 Å². The van der Waals surface area contributed by atoms with Gasteiger partial charge in [-0.2, -0.15) is 0 Å².